The SMILES string of the molecule is Cc1ccccc1CCC(=O)Nc1ccc(Cl)c(O)c1. The van der Waals surface area contributed by atoms with E-state index in [0.717, 1.165) is 0 Å². The fourth-order valence-electron chi connectivity index (χ4n) is 1.95. The van der Waals surface area contributed by atoms with E-state index in [1.807, 2.05) is 31.2 Å². The van der Waals surface area contributed by atoms with Crippen molar-refractivity contribution >= 4 is 23.2 Å². The van der Waals surface area contributed by atoms with E-state index in [0.29, 0.717) is 18.5 Å². The normalized spacial score (nSPS) is 10.3. The lowest BCUT2D eigenvalue weighted by atomic mass is 10.0. The van der Waals surface area contributed by atoms with E-state index in [1.54, 1.807) is 12.1 Å². The highest BCUT2D eigenvalue weighted by Gasteiger charge is 2.06. The standard InChI is InChI=1S/C16H16ClNO2/c1-11-4-2-3-5-12(11)6-9-16(20)18-13-7-8-14(17)15(19)10-13/h2-5,7-8,10,19H,6,9H2,1H3,(H,18,20). The Morgan fingerprint density at radius 2 is 2.00 bits per heavy atom. The number of rotatable bonds is 4. The molecular weight excluding hydrogens is 274 g/mol. The van der Waals surface area contributed by atoms with Gasteiger partial charge in [0.2, 0.25) is 5.91 Å². The second-order valence-electron chi connectivity index (χ2n) is 4.64. The fourth-order valence-corrected chi connectivity index (χ4v) is 2.07. The van der Waals surface area contributed by atoms with Crippen LogP contribution in [-0.4, -0.2) is 11.0 Å². The van der Waals surface area contributed by atoms with Crippen molar-refractivity contribution < 1.29 is 9.90 Å². The zero-order valence-electron chi connectivity index (χ0n) is 11.2. The minimum atomic E-state index is -0.0880. The quantitative estimate of drug-likeness (QED) is 0.896. The number of amides is 1. The molecule has 0 bridgehead atoms. The number of carbonyl (C=O) groups is 1. The third-order valence-corrected chi connectivity index (χ3v) is 3.43. The molecule has 3 nitrogen and oxygen atoms in total. The van der Waals surface area contributed by atoms with Crippen LogP contribution in [-0.2, 0) is 11.2 Å². The minimum Gasteiger partial charge on any atom is -0.506 e. The molecule has 2 N–H and O–H groups in total. The summed E-state index contributed by atoms with van der Waals surface area (Å²) in [7, 11) is 0. The molecule has 0 unspecified atom stereocenters. The van der Waals surface area contributed by atoms with Gasteiger partial charge < -0.3 is 10.4 Å². The van der Waals surface area contributed by atoms with Crippen LogP contribution in [0.1, 0.15) is 17.5 Å². The van der Waals surface area contributed by atoms with Crippen molar-refractivity contribution in [3.05, 3.63) is 58.6 Å². The van der Waals surface area contributed by atoms with Crippen molar-refractivity contribution in [3.8, 4) is 5.75 Å². The lowest BCUT2D eigenvalue weighted by molar-refractivity contribution is -0.116. The summed E-state index contributed by atoms with van der Waals surface area (Å²) in [5.41, 5.74) is 2.90. The summed E-state index contributed by atoms with van der Waals surface area (Å²) in [6.07, 6.45) is 1.09. The number of anilines is 1. The molecule has 0 aliphatic carbocycles. The molecule has 4 heteroatoms. The molecule has 2 aromatic rings. The molecular formula is C16H16ClNO2. The monoisotopic (exact) mass is 289 g/mol. The van der Waals surface area contributed by atoms with Gasteiger partial charge in [0.15, 0.2) is 0 Å². The molecule has 20 heavy (non-hydrogen) atoms. The zero-order valence-corrected chi connectivity index (χ0v) is 11.9. The third-order valence-electron chi connectivity index (χ3n) is 3.11. The van der Waals surface area contributed by atoms with Crippen LogP contribution in [0.3, 0.4) is 0 Å². The van der Waals surface area contributed by atoms with Crippen molar-refractivity contribution in [2.75, 3.05) is 5.32 Å². The van der Waals surface area contributed by atoms with E-state index in [4.69, 9.17) is 11.6 Å². The van der Waals surface area contributed by atoms with Gasteiger partial charge in [0.1, 0.15) is 5.75 Å². The number of hydrogen-bond acceptors (Lipinski definition) is 2. The molecule has 0 radical (unpaired) electrons. The van der Waals surface area contributed by atoms with Gasteiger partial charge in [-0.3, -0.25) is 4.79 Å². The van der Waals surface area contributed by atoms with Crippen LogP contribution in [0.25, 0.3) is 0 Å². The number of halogens is 1. The average molecular weight is 290 g/mol. The second kappa shape index (κ2) is 6.44. The molecule has 1 amide bonds. The Morgan fingerprint density at radius 1 is 1.25 bits per heavy atom. The summed E-state index contributed by atoms with van der Waals surface area (Å²) in [6.45, 7) is 2.03. The summed E-state index contributed by atoms with van der Waals surface area (Å²) in [5.74, 6) is -0.127. The van der Waals surface area contributed by atoms with Crippen LogP contribution >= 0.6 is 11.6 Å². The van der Waals surface area contributed by atoms with Crippen molar-refractivity contribution in [2.24, 2.45) is 0 Å². The first-order valence-corrected chi connectivity index (χ1v) is 6.77. The first kappa shape index (κ1) is 14.4. The van der Waals surface area contributed by atoms with Crippen LogP contribution in [0.4, 0.5) is 5.69 Å². The maximum Gasteiger partial charge on any atom is 0.224 e. The first-order chi connectivity index (χ1) is 9.56. The number of phenolic OH excluding ortho intramolecular Hbond substituents is 1. The van der Waals surface area contributed by atoms with E-state index >= 15 is 0 Å². The topological polar surface area (TPSA) is 49.3 Å². The smallest absolute Gasteiger partial charge is 0.224 e. The molecule has 0 saturated heterocycles. The molecule has 0 atom stereocenters. The minimum absolute atomic E-state index is 0.0385. The number of benzene rings is 2. The van der Waals surface area contributed by atoms with Gasteiger partial charge in [0, 0.05) is 18.2 Å². The molecule has 0 spiro atoms. The lowest BCUT2D eigenvalue weighted by Crippen LogP contribution is -2.12. The maximum absolute atomic E-state index is 11.9. The van der Waals surface area contributed by atoms with E-state index in [9.17, 15) is 9.90 Å². The van der Waals surface area contributed by atoms with Crippen molar-refractivity contribution in [1.29, 1.82) is 0 Å². The molecule has 0 aliphatic rings. The Hall–Kier alpha value is -2.00. The molecule has 2 rings (SSSR count). The molecule has 2 aromatic carbocycles. The summed E-state index contributed by atoms with van der Waals surface area (Å²) >= 11 is 5.71. The number of hydrogen-bond donors (Lipinski definition) is 2. The Labute approximate surface area is 123 Å². The van der Waals surface area contributed by atoms with E-state index in [1.165, 1.54) is 17.2 Å². The van der Waals surface area contributed by atoms with Gasteiger partial charge in [-0.1, -0.05) is 35.9 Å². The molecule has 0 aliphatic heterocycles. The highest BCUT2D eigenvalue weighted by molar-refractivity contribution is 6.32. The highest BCUT2D eigenvalue weighted by atomic mass is 35.5. The number of phenols is 1. The summed E-state index contributed by atoms with van der Waals surface area (Å²) < 4.78 is 0. The Bertz CT molecular complexity index is 626. The number of nitrogens with one attached hydrogen (secondary N) is 1. The lowest BCUT2D eigenvalue weighted by Gasteiger charge is -2.08. The maximum atomic E-state index is 11.9. The number of aryl methyl sites for hydroxylation is 2. The van der Waals surface area contributed by atoms with Gasteiger partial charge in [-0.15, -0.1) is 0 Å². The molecule has 104 valence electrons. The van der Waals surface area contributed by atoms with Crippen LogP contribution in [0.2, 0.25) is 5.02 Å². The first-order valence-electron chi connectivity index (χ1n) is 6.39. The van der Waals surface area contributed by atoms with Gasteiger partial charge in [0.05, 0.1) is 5.02 Å². The van der Waals surface area contributed by atoms with Crippen molar-refractivity contribution in [2.45, 2.75) is 19.8 Å². The predicted octanol–water partition coefficient (Wildman–Crippen LogP) is 3.93. The predicted molar refractivity (Wildman–Crippen MR) is 81.2 cm³/mol. The van der Waals surface area contributed by atoms with E-state index < -0.39 is 0 Å². The summed E-state index contributed by atoms with van der Waals surface area (Å²) in [6, 6.07) is 12.7. The van der Waals surface area contributed by atoms with Gasteiger partial charge >= 0.3 is 0 Å². The molecule has 0 heterocycles. The highest BCUT2D eigenvalue weighted by Crippen LogP contribution is 2.26. The van der Waals surface area contributed by atoms with Gasteiger partial charge in [0.25, 0.3) is 0 Å². The van der Waals surface area contributed by atoms with Crippen LogP contribution in [0, 0.1) is 6.92 Å². The Kier molecular flexibility index (Phi) is 4.64. The number of carbonyl (C=O) groups excluding carboxylic acids is 1. The summed E-state index contributed by atoms with van der Waals surface area (Å²) in [5, 5.41) is 12.5. The average Bonchev–Trinajstić information content (AvgIpc) is 2.42. The Morgan fingerprint density at radius 3 is 2.70 bits per heavy atom. The molecule has 0 fully saturated rings. The Balaban J connectivity index is 1.93. The van der Waals surface area contributed by atoms with E-state index in [2.05, 4.69) is 5.32 Å². The van der Waals surface area contributed by atoms with E-state index in [-0.39, 0.29) is 16.7 Å². The fraction of sp³-hybridized carbons (Fsp3) is 0.188. The van der Waals surface area contributed by atoms with Crippen LogP contribution in [0.15, 0.2) is 42.5 Å². The second-order valence-corrected chi connectivity index (χ2v) is 5.05. The molecule has 0 saturated carbocycles. The number of aromatic hydroxyl groups is 1. The van der Waals surface area contributed by atoms with Gasteiger partial charge in [-0.05, 0) is 36.6 Å². The van der Waals surface area contributed by atoms with Crippen LogP contribution < -0.4 is 5.32 Å². The summed E-state index contributed by atoms with van der Waals surface area (Å²) in [4.78, 5) is 11.9. The van der Waals surface area contributed by atoms with Crippen LogP contribution in [0.5, 0.6) is 5.75 Å². The van der Waals surface area contributed by atoms with Crippen molar-refractivity contribution in [3.63, 3.8) is 0 Å². The van der Waals surface area contributed by atoms with Gasteiger partial charge in [-0.25, -0.2) is 0 Å². The van der Waals surface area contributed by atoms with Crippen molar-refractivity contribution in [1.82, 2.24) is 0 Å². The third kappa shape index (κ3) is 3.75. The van der Waals surface area contributed by atoms with Gasteiger partial charge in [-0.2, -0.15) is 0 Å². The largest absolute Gasteiger partial charge is 0.506 e. The molecule has 0 aromatic heterocycles. The zero-order chi connectivity index (χ0) is 14.5.